The molecule has 2 amide bonds. The third-order valence-corrected chi connectivity index (χ3v) is 7.17. The highest BCUT2D eigenvalue weighted by atomic mass is 32.2. The number of hydrogen-bond donors (Lipinski definition) is 2. The van der Waals surface area contributed by atoms with E-state index in [0.717, 1.165) is 22.6 Å². The lowest BCUT2D eigenvalue weighted by Gasteiger charge is -2.34. The first-order valence-corrected chi connectivity index (χ1v) is 11.0. The largest absolute Gasteiger partial charge is 0.349 e. The number of hydrogen-bond acceptors (Lipinski definition) is 3. The standard InChI is InChI=1S/C24H26N2O2S/c1-15-6-5-8-19(16(15)2)25-23(27)18-12-10-17(11-13-18)14-22-24(28)26-20-7-3-4-9-21(20)29-22/h3-4,7,9-16,19H,5-6,8H2,1-2H3,(H,25,27)(H,26,28). The van der Waals surface area contributed by atoms with Gasteiger partial charge in [0.25, 0.3) is 11.8 Å². The van der Waals surface area contributed by atoms with E-state index in [9.17, 15) is 9.59 Å². The molecule has 0 radical (unpaired) electrons. The fraction of sp³-hybridized carbons (Fsp3) is 0.333. The molecular weight excluding hydrogens is 380 g/mol. The van der Waals surface area contributed by atoms with Crippen LogP contribution in [-0.2, 0) is 4.79 Å². The molecule has 0 bridgehead atoms. The molecular formula is C24H26N2O2S. The van der Waals surface area contributed by atoms with Gasteiger partial charge in [-0.25, -0.2) is 0 Å². The van der Waals surface area contributed by atoms with Gasteiger partial charge in [-0.2, -0.15) is 0 Å². The van der Waals surface area contributed by atoms with Gasteiger partial charge in [0.05, 0.1) is 10.6 Å². The summed E-state index contributed by atoms with van der Waals surface area (Å²) in [5.41, 5.74) is 2.40. The van der Waals surface area contributed by atoms with Crippen molar-refractivity contribution in [3.05, 3.63) is 64.6 Å². The second kappa shape index (κ2) is 8.46. The van der Waals surface area contributed by atoms with Crippen LogP contribution in [0.2, 0.25) is 0 Å². The predicted octanol–water partition coefficient (Wildman–Crippen LogP) is 5.33. The average molecular weight is 407 g/mol. The first-order valence-electron chi connectivity index (χ1n) is 10.2. The van der Waals surface area contributed by atoms with Crippen molar-refractivity contribution in [2.75, 3.05) is 5.32 Å². The first kappa shape index (κ1) is 19.8. The van der Waals surface area contributed by atoms with Crippen LogP contribution >= 0.6 is 11.8 Å². The number of carbonyl (C=O) groups excluding carboxylic acids is 2. The number of fused-ring (bicyclic) bond motifs is 1. The third kappa shape index (κ3) is 4.40. The van der Waals surface area contributed by atoms with Crippen LogP contribution in [0.25, 0.3) is 6.08 Å². The zero-order valence-corrected chi connectivity index (χ0v) is 17.6. The first-order chi connectivity index (χ1) is 14.0. The molecule has 2 aromatic carbocycles. The number of benzene rings is 2. The summed E-state index contributed by atoms with van der Waals surface area (Å²) < 4.78 is 0. The number of anilines is 1. The zero-order chi connectivity index (χ0) is 20.4. The quantitative estimate of drug-likeness (QED) is 0.678. The zero-order valence-electron chi connectivity index (χ0n) is 16.8. The van der Waals surface area contributed by atoms with Crippen LogP contribution in [0.3, 0.4) is 0 Å². The molecule has 4 rings (SSSR count). The second-order valence-electron chi connectivity index (χ2n) is 8.03. The average Bonchev–Trinajstić information content (AvgIpc) is 2.72. The van der Waals surface area contributed by atoms with Crippen molar-refractivity contribution in [2.45, 2.75) is 44.0 Å². The summed E-state index contributed by atoms with van der Waals surface area (Å²) in [7, 11) is 0. The summed E-state index contributed by atoms with van der Waals surface area (Å²) in [5, 5.41) is 6.13. The molecule has 5 heteroatoms. The topological polar surface area (TPSA) is 58.2 Å². The van der Waals surface area contributed by atoms with Crippen molar-refractivity contribution >= 4 is 35.3 Å². The van der Waals surface area contributed by atoms with Gasteiger partial charge < -0.3 is 10.6 Å². The summed E-state index contributed by atoms with van der Waals surface area (Å²) in [5.74, 6) is 1.03. The van der Waals surface area contributed by atoms with Gasteiger partial charge in [-0.1, -0.05) is 62.7 Å². The summed E-state index contributed by atoms with van der Waals surface area (Å²) >= 11 is 1.46. The second-order valence-corrected chi connectivity index (χ2v) is 9.11. The Morgan fingerprint density at radius 1 is 1.10 bits per heavy atom. The molecule has 1 heterocycles. The molecule has 2 aromatic rings. The molecule has 150 valence electrons. The van der Waals surface area contributed by atoms with Gasteiger partial charge in [-0.15, -0.1) is 0 Å². The summed E-state index contributed by atoms with van der Waals surface area (Å²) in [6.45, 7) is 4.50. The van der Waals surface area contributed by atoms with Crippen LogP contribution < -0.4 is 10.6 Å². The minimum atomic E-state index is -0.101. The van der Waals surface area contributed by atoms with Crippen molar-refractivity contribution in [1.29, 1.82) is 0 Å². The van der Waals surface area contributed by atoms with E-state index in [1.165, 1.54) is 24.6 Å². The van der Waals surface area contributed by atoms with E-state index in [-0.39, 0.29) is 17.9 Å². The fourth-order valence-electron chi connectivity index (χ4n) is 4.02. The SMILES string of the molecule is CC1CCCC(NC(=O)c2ccc(C=C3Sc4ccccc4NC3=O)cc2)C1C. The van der Waals surface area contributed by atoms with Gasteiger partial charge >= 0.3 is 0 Å². The van der Waals surface area contributed by atoms with Crippen LogP contribution in [-0.4, -0.2) is 17.9 Å². The maximum atomic E-state index is 12.7. The number of amides is 2. The van der Waals surface area contributed by atoms with Crippen molar-refractivity contribution in [3.8, 4) is 0 Å². The van der Waals surface area contributed by atoms with E-state index in [1.54, 1.807) is 0 Å². The molecule has 2 N–H and O–H groups in total. The van der Waals surface area contributed by atoms with Gasteiger partial charge in [0.1, 0.15) is 0 Å². The number of nitrogens with one attached hydrogen (secondary N) is 2. The van der Waals surface area contributed by atoms with Crippen molar-refractivity contribution in [2.24, 2.45) is 11.8 Å². The van der Waals surface area contributed by atoms with E-state index in [1.807, 2.05) is 54.6 Å². The molecule has 2 aliphatic rings. The molecule has 0 aromatic heterocycles. The number of thioether (sulfide) groups is 1. The summed E-state index contributed by atoms with van der Waals surface area (Å²) in [6, 6.07) is 15.5. The fourth-order valence-corrected chi connectivity index (χ4v) is 4.97. The predicted molar refractivity (Wildman–Crippen MR) is 119 cm³/mol. The molecule has 0 spiro atoms. The molecule has 1 aliphatic heterocycles. The number of para-hydroxylation sites is 1. The highest BCUT2D eigenvalue weighted by molar-refractivity contribution is 8.04. The normalized spacial score (nSPS) is 25.2. The van der Waals surface area contributed by atoms with Crippen molar-refractivity contribution in [1.82, 2.24) is 5.32 Å². The van der Waals surface area contributed by atoms with Crippen LogP contribution in [0.15, 0.2) is 58.3 Å². The Balaban J connectivity index is 1.45. The molecule has 1 fully saturated rings. The Morgan fingerprint density at radius 3 is 2.66 bits per heavy atom. The lowest BCUT2D eigenvalue weighted by Crippen LogP contribution is -2.43. The Hall–Kier alpha value is -2.53. The molecule has 1 saturated carbocycles. The Morgan fingerprint density at radius 2 is 1.86 bits per heavy atom. The lowest BCUT2D eigenvalue weighted by atomic mass is 9.78. The molecule has 1 aliphatic carbocycles. The third-order valence-electron chi connectivity index (χ3n) is 6.07. The molecule has 29 heavy (non-hydrogen) atoms. The van der Waals surface area contributed by atoms with E-state index in [2.05, 4.69) is 24.5 Å². The van der Waals surface area contributed by atoms with Crippen molar-refractivity contribution in [3.63, 3.8) is 0 Å². The van der Waals surface area contributed by atoms with Crippen LogP contribution in [0.5, 0.6) is 0 Å². The molecule has 4 nitrogen and oxygen atoms in total. The lowest BCUT2D eigenvalue weighted by molar-refractivity contribution is -0.112. The van der Waals surface area contributed by atoms with E-state index in [0.29, 0.717) is 22.3 Å². The molecule has 3 unspecified atom stereocenters. The maximum absolute atomic E-state index is 12.7. The minimum Gasteiger partial charge on any atom is -0.349 e. The van der Waals surface area contributed by atoms with Crippen LogP contribution in [0, 0.1) is 11.8 Å². The van der Waals surface area contributed by atoms with E-state index in [4.69, 9.17) is 0 Å². The van der Waals surface area contributed by atoms with Crippen LogP contribution in [0.4, 0.5) is 5.69 Å². The van der Waals surface area contributed by atoms with Gasteiger partial charge in [0.2, 0.25) is 0 Å². The summed E-state index contributed by atoms with van der Waals surface area (Å²) in [4.78, 5) is 26.7. The van der Waals surface area contributed by atoms with E-state index < -0.39 is 0 Å². The van der Waals surface area contributed by atoms with Gasteiger partial charge in [-0.05, 0) is 54.2 Å². The number of rotatable bonds is 3. The molecule has 3 atom stereocenters. The Labute approximate surface area is 176 Å². The minimum absolute atomic E-state index is 0.0196. The van der Waals surface area contributed by atoms with Gasteiger partial charge in [-0.3, -0.25) is 9.59 Å². The monoisotopic (exact) mass is 406 g/mol. The smallest absolute Gasteiger partial charge is 0.262 e. The van der Waals surface area contributed by atoms with Gasteiger partial charge in [0.15, 0.2) is 0 Å². The van der Waals surface area contributed by atoms with Gasteiger partial charge in [0, 0.05) is 16.5 Å². The highest BCUT2D eigenvalue weighted by Gasteiger charge is 2.28. The molecule has 0 saturated heterocycles. The Bertz CT molecular complexity index is 952. The van der Waals surface area contributed by atoms with Crippen molar-refractivity contribution < 1.29 is 9.59 Å². The Kier molecular flexibility index (Phi) is 5.76. The van der Waals surface area contributed by atoms with E-state index >= 15 is 0 Å². The highest BCUT2D eigenvalue weighted by Crippen LogP contribution is 2.38. The summed E-state index contributed by atoms with van der Waals surface area (Å²) in [6.07, 6.45) is 5.33. The van der Waals surface area contributed by atoms with Crippen LogP contribution in [0.1, 0.15) is 49.0 Å². The maximum Gasteiger partial charge on any atom is 0.262 e. The number of carbonyl (C=O) groups is 2.